The summed E-state index contributed by atoms with van der Waals surface area (Å²) in [5, 5.41) is 2.61. The molecular weight excluding hydrogens is 421 g/mol. The van der Waals surface area contributed by atoms with Crippen molar-refractivity contribution in [1.29, 1.82) is 0 Å². The van der Waals surface area contributed by atoms with Crippen LogP contribution in [0.15, 0.2) is 61.1 Å². The van der Waals surface area contributed by atoms with Crippen molar-refractivity contribution in [2.24, 2.45) is 0 Å². The summed E-state index contributed by atoms with van der Waals surface area (Å²) < 4.78 is 21.2. The van der Waals surface area contributed by atoms with Crippen molar-refractivity contribution in [1.82, 2.24) is 25.9 Å². The largest absolute Gasteiger partial charge is 0.496 e. The first-order valence-electron chi connectivity index (χ1n) is 11.0. The Hall–Kier alpha value is -3.78. The van der Waals surface area contributed by atoms with E-state index in [1.807, 2.05) is 58.6 Å². The second-order valence-corrected chi connectivity index (χ2v) is 8.10. The molecule has 0 saturated carbocycles. The van der Waals surface area contributed by atoms with Crippen LogP contribution >= 0.6 is 0 Å². The van der Waals surface area contributed by atoms with Gasteiger partial charge in [-0.1, -0.05) is 24.3 Å². The van der Waals surface area contributed by atoms with Crippen LogP contribution in [0.4, 0.5) is 4.39 Å². The average molecular weight is 450 g/mol. The van der Waals surface area contributed by atoms with Crippen molar-refractivity contribution in [3.05, 3.63) is 72.5 Å². The maximum absolute atomic E-state index is 15.6. The molecule has 3 heterocycles. The first-order chi connectivity index (χ1) is 16.2. The third-order valence-corrected chi connectivity index (χ3v) is 6.14. The fourth-order valence-corrected chi connectivity index (χ4v) is 4.46. The van der Waals surface area contributed by atoms with E-state index >= 15 is 4.39 Å². The van der Waals surface area contributed by atoms with Gasteiger partial charge in [-0.3, -0.25) is 9.80 Å². The zero-order valence-corrected chi connectivity index (χ0v) is 18.4. The number of ether oxygens (including phenoxy) is 1. The average Bonchev–Trinajstić information content (AvgIpc) is 3.56. The number of halogens is 1. The fraction of sp³-hybridized carbons (Fsp3) is 0.240. The Labute approximate surface area is 192 Å². The number of nitrogens with one attached hydrogen (secondary N) is 3. The monoisotopic (exact) mass is 449 g/mol. The Morgan fingerprint density at radius 3 is 2.91 bits per heavy atom. The molecule has 3 N–H and O–H groups in total. The number of benzene rings is 2. The van der Waals surface area contributed by atoms with E-state index in [0.29, 0.717) is 43.6 Å². The number of rotatable bonds is 6. The highest BCUT2D eigenvalue weighted by Gasteiger charge is 2.24. The van der Waals surface area contributed by atoms with Crippen molar-refractivity contribution < 1.29 is 15.3 Å². The predicted octanol–water partition coefficient (Wildman–Crippen LogP) is 4.03. The van der Waals surface area contributed by atoms with E-state index in [1.165, 1.54) is 0 Å². The molecule has 0 saturated heterocycles. The Balaban J connectivity index is 0.00000274. The summed E-state index contributed by atoms with van der Waals surface area (Å²) in [5.74, 6) is 0.478. The van der Waals surface area contributed by atoms with Gasteiger partial charge in [0.15, 0.2) is 5.82 Å². The van der Waals surface area contributed by atoms with Gasteiger partial charge >= 0.3 is 0 Å². The summed E-state index contributed by atoms with van der Waals surface area (Å²) in [5.41, 5.74) is 9.36. The number of H-pyrrole nitrogens is 1. The van der Waals surface area contributed by atoms with Crippen LogP contribution in [-0.2, 0) is 4.79 Å². The highest BCUT2D eigenvalue weighted by atomic mass is 19.1. The van der Waals surface area contributed by atoms with Crippen LogP contribution in [0.25, 0.3) is 27.6 Å². The van der Waals surface area contributed by atoms with Gasteiger partial charge in [-0.2, -0.15) is 0 Å². The minimum Gasteiger partial charge on any atom is -0.496 e. The fourth-order valence-electron chi connectivity index (χ4n) is 4.46. The van der Waals surface area contributed by atoms with Gasteiger partial charge in [-0.15, -0.1) is 5.53 Å². The molecule has 0 atom stereocenters. The number of methoxy groups -OCH3 is 1. The molecule has 2 aromatic carbocycles. The Bertz CT molecular complexity index is 1260. The number of hydrogen-bond acceptors (Lipinski definition) is 5. The van der Waals surface area contributed by atoms with Gasteiger partial charge in [0.25, 0.3) is 0 Å². The number of nitrogens with zero attached hydrogens (tertiary/aromatic N) is 2. The maximum Gasteiger partial charge on any atom is 0.224 e. The number of carbonyl (C=O) groups excluding carboxylic acids is 1. The third kappa shape index (κ3) is 4.05. The molecule has 5 rings (SSSR count). The molecule has 0 unspecified atom stereocenters. The minimum absolute atomic E-state index is 0. The summed E-state index contributed by atoms with van der Waals surface area (Å²) in [6.07, 6.45) is 8.46. The van der Waals surface area contributed by atoms with Gasteiger partial charge in [0.2, 0.25) is 5.91 Å². The van der Waals surface area contributed by atoms with Crippen LogP contribution in [0.2, 0.25) is 0 Å². The molecule has 3 aromatic rings. The standard InChI is InChI=1S/C25H26FN5O2.H2/c1-33-22-7-3-2-6-18(22)21-15-20(24(26)25-19(21)8-10-27-25)17-5-4-12-30(16-17)23(32)9-13-31-14-11-28-29-31;/h2-3,5-8,10-11,14-15,27-29H,4,9,12-13,16H2,1H3;1H. The smallest absolute Gasteiger partial charge is 0.224 e. The van der Waals surface area contributed by atoms with Crippen molar-refractivity contribution in [3.8, 4) is 16.9 Å². The highest BCUT2D eigenvalue weighted by Crippen LogP contribution is 2.39. The van der Waals surface area contributed by atoms with Gasteiger partial charge in [-0.25, -0.2) is 4.39 Å². The zero-order chi connectivity index (χ0) is 22.8. The van der Waals surface area contributed by atoms with Crippen LogP contribution in [0.3, 0.4) is 0 Å². The normalized spacial score (nSPS) is 15.6. The van der Waals surface area contributed by atoms with Crippen molar-refractivity contribution in [3.63, 3.8) is 0 Å². The van der Waals surface area contributed by atoms with Gasteiger partial charge in [0.1, 0.15) is 5.75 Å². The molecule has 2 aliphatic heterocycles. The van der Waals surface area contributed by atoms with E-state index in [-0.39, 0.29) is 13.2 Å². The molecule has 0 radical (unpaired) electrons. The molecule has 7 nitrogen and oxygen atoms in total. The van der Waals surface area contributed by atoms with Gasteiger partial charge < -0.3 is 20.0 Å². The van der Waals surface area contributed by atoms with E-state index in [4.69, 9.17) is 4.74 Å². The van der Waals surface area contributed by atoms with Crippen LogP contribution < -0.4 is 15.7 Å². The van der Waals surface area contributed by atoms with Crippen molar-refractivity contribution >= 4 is 22.4 Å². The lowest BCUT2D eigenvalue weighted by molar-refractivity contribution is -0.131. The molecule has 0 bridgehead atoms. The zero-order valence-electron chi connectivity index (χ0n) is 18.4. The molecule has 8 heteroatoms. The van der Waals surface area contributed by atoms with Gasteiger partial charge in [0.05, 0.1) is 12.6 Å². The lowest BCUT2D eigenvalue weighted by atomic mass is 9.93. The topological polar surface area (TPSA) is 72.6 Å². The summed E-state index contributed by atoms with van der Waals surface area (Å²) in [4.78, 5) is 17.7. The van der Waals surface area contributed by atoms with E-state index in [0.717, 1.165) is 27.8 Å². The molecule has 0 aliphatic carbocycles. The molecule has 2 aliphatic rings. The lowest BCUT2D eigenvalue weighted by Crippen LogP contribution is -2.40. The van der Waals surface area contributed by atoms with E-state index < -0.39 is 0 Å². The van der Waals surface area contributed by atoms with E-state index in [2.05, 4.69) is 15.9 Å². The highest BCUT2D eigenvalue weighted by molar-refractivity contribution is 5.99. The van der Waals surface area contributed by atoms with Crippen molar-refractivity contribution in [2.45, 2.75) is 12.8 Å². The molecule has 33 heavy (non-hydrogen) atoms. The van der Waals surface area contributed by atoms with Gasteiger partial charge in [-0.05, 0) is 35.8 Å². The number of hydrogen-bond donors (Lipinski definition) is 3. The minimum atomic E-state index is -0.299. The summed E-state index contributed by atoms with van der Waals surface area (Å²) in [6.45, 7) is 1.57. The third-order valence-electron chi connectivity index (χ3n) is 6.14. The molecule has 1 aromatic heterocycles. The van der Waals surface area contributed by atoms with Gasteiger partial charge in [0, 0.05) is 62.6 Å². The first kappa shape index (κ1) is 21.1. The molecule has 0 spiro atoms. The Morgan fingerprint density at radius 2 is 2.09 bits per heavy atom. The quantitative estimate of drug-likeness (QED) is 0.530. The van der Waals surface area contributed by atoms with Crippen molar-refractivity contribution in [2.75, 3.05) is 26.7 Å². The number of hydrazine groups is 2. The number of fused-ring (bicyclic) bond motifs is 1. The predicted molar refractivity (Wildman–Crippen MR) is 128 cm³/mol. The number of para-hydroxylation sites is 1. The summed E-state index contributed by atoms with van der Waals surface area (Å²) in [6, 6.07) is 11.5. The molecule has 0 fully saturated rings. The van der Waals surface area contributed by atoms with Crippen LogP contribution in [0.1, 0.15) is 19.8 Å². The SMILES string of the molecule is COc1ccccc1-c1cc(C2=CCCN(C(=O)CCN3C=CNN3)C2)c(F)c2[nH]ccc12.[HH]. The number of amides is 1. The second-order valence-electron chi connectivity index (χ2n) is 8.10. The molecule has 1 amide bonds. The maximum atomic E-state index is 15.6. The van der Waals surface area contributed by atoms with Crippen LogP contribution in [0.5, 0.6) is 5.75 Å². The Kier molecular flexibility index (Phi) is 5.75. The van der Waals surface area contributed by atoms with E-state index in [9.17, 15) is 4.79 Å². The van der Waals surface area contributed by atoms with Crippen LogP contribution in [0, 0.1) is 5.82 Å². The summed E-state index contributed by atoms with van der Waals surface area (Å²) in [7, 11) is 1.63. The molecular formula is C25H28FN5O2. The first-order valence-corrected chi connectivity index (χ1v) is 11.0. The second kappa shape index (κ2) is 8.99. The number of aromatic nitrogens is 1. The lowest BCUT2D eigenvalue weighted by Gasteiger charge is -2.29. The number of carbonyl (C=O) groups is 1. The number of aromatic amines is 1. The molecule has 172 valence electrons. The summed E-state index contributed by atoms with van der Waals surface area (Å²) >= 11 is 0. The van der Waals surface area contributed by atoms with E-state index in [1.54, 1.807) is 19.5 Å². The Morgan fingerprint density at radius 1 is 1.21 bits per heavy atom. The van der Waals surface area contributed by atoms with Crippen LogP contribution in [-0.4, -0.2) is 47.5 Å².